The molecule has 2 heterocycles. The number of carbonyl (C=O) groups excluding carboxylic acids is 2. The number of nitrogens with zero attached hydrogens (tertiary/aromatic N) is 1. The highest BCUT2D eigenvalue weighted by Crippen LogP contribution is 2.34. The number of thiophene rings is 1. The van der Waals surface area contributed by atoms with Crippen LogP contribution in [0.15, 0.2) is 18.3 Å². The van der Waals surface area contributed by atoms with Crippen molar-refractivity contribution in [3.8, 4) is 0 Å². The van der Waals surface area contributed by atoms with Gasteiger partial charge in [0.25, 0.3) is 0 Å². The second kappa shape index (κ2) is 9.39. The van der Waals surface area contributed by atoms with Crippen molar-refractivity contribution in [1.29, 1.82) is 0 Å². The molecule has 1 amide bonds. The maximum Gasteiger partial charge on any atom is 0.341 e. The molecule has 25 heavy (non-hydrogen) atoms. The number of hydrogen-bond donors (Lipinski definition) is 2. The summed E-state index contributed by atoms with van der Waals surface area (Å²) in [7, 11) is 0. The first-order valence-electron chi connectivity index (χ1n) is 7.75. The standard InChI is InChI=1S/C17H21N3O3S.ClH/c1-4-13-10(3)24-16(15(13)17(22)23-5-2)20-14(21)8-12-7-6-11(18)9-19-12;/h6-7,9H,4-5,8,18H2,1-3H3,(H,20,21);1H. The summed E-state index contributed by atoms with van der Waals surface area (Å²) in [6.07, 6.45) is 2.32. The SMILES string of the molecule is CCOC(=O)c1c(NC(=O)Cc2ccc(N)cn2)sc(C)c1CC.Cl. The van der Waals surface area contributed by atoms with Gasteiger partial charge in [-0.2, -0.15) is 0 Å². The first-order chi connectivity index (χ1) is 11.5. The molecular weight excluding hydrogens is 362 g/mol. The molecule has 0 aromatic carbocycles. The van der Waals surface area contributed by atoms with Gasteiger partial charge in [0.1, 0.15) is 5.00 Å². The maximum atomic E-state index is 12.3. The van der Waals surface area contributed by atoms with E-state index in [1.807, 2.05) is 13.8 Å². The fourth-order valence-corrected chi connectivity index (χ4v) is 3.54. The van der Waals surface area contributed by atoms with Gasteiger partial charge in [-0.1, -0.05) is 6.92 Å². The highest BCUT2D eigenvalue weighted by atomic mass is 35.5. The van der Waals surface area contributed by atoms with Crippen molar-refractivity contribution < 1.29 is 14.3 Å². The molecule has 0 bridgehead atoms. The Morgan fingerprint density at radius 3 is 2.60 bits per heavy atom. The Balaban J connectivity index is 0.00000312. The van der Waals surface area contributed by atoms with Crippen molar-refractivity contribution in [2.45, 2.75) is 33.6 Å². The highest BCUT2D eigenvalue weighted by molar-refractivity contribution is 7.16. The van der Waals surface area contributed by atoms with E-state index in [9.17, 15) is 9.59 Å². The minimum Gasteiger partial charge on any atom is -0.462 e. The van der Waals surface area contributed by atoms with Gasteiger partial charge in [-0.15, -0.1) is 23.7 Å². The van der Waals surface area contributed by atoms with Crippen LogP contribution in [0.1, 0.15) is 40.3 Å². The molecule has 2 rings (SSSR count). The topological polar surface area (TPSA) is 94.3 Å². The molecule has 0 fully saturated rings. The lowest BCUT2D eigenvalue weighted by atomic mass is 10.1. The van der Waals surface area contributed by atoms with Crippen LogP contribution in [0.4, 0.5) is 10.7 Å². The van der Waals surface area contributed by atoms with Crippen molar-refractivity contribution in [2.24, 2.45) is 0 Å². The van der Waals surface area contributed by atoms with Crippen molar-refractivity contribution in [3.05, 3.63) is 40.0 Å². The summed E-state index contributed by atoms with van der Waals surface area (Å²) in [5.74, 6) is -0.638. The minimum atomic E-state index is -0.403. The Morgan fingerprint density at radius 1 is 1.32 bits per heavy atom. The fourth-order valence-electron chi connectivity index (χ4n) is 2.39. The number of rotatable bonds is 6. The molecule has 0 atom stereocenters. The zero-order chi connectivity index (χ0) is 17.7. The van der Waals surface area contributed by atoms with Gasteiger partial charge < -0.3 is 15.8 Å². The molecule has 0 radical (unpaired) electrons. The van der Waals surface area contributed by atoms with Gasteiger partial charge in [0.2, 0.25) is 5.91 Å². The molecule has 0 unspecified atom stereocenters. The second-order valence-corrected chi connectivity index (χ2v) is 6.45. The summed E-state index contributed by atoms with van der Waals surface area (Å²) in [6, 6.07) is 3.41. The quantitative estimate of drug-likeness (QED) is 0.745. The lowest BCUT2D eigenvalue weighted by Crippen LogP contribution is -2.17. The molecule has 0 saturated carbocycles. The molecule has 8 heteroatoms. The number of halogens is 1. The summed E-state index contributed by atoms with van der Waals surface area (Å²) in [5, 5.41) is 3.35. The van der Waals surface area contributed by atoms with Crippen molar-refractivity contribution in [1.82, 2.24) is 4.98 Å². The molecule has 0 aliphatic heterocycles. The smallest absolute Gasteiger partial charge is 0.341 e. The number of nitrogens with two attached hydrogens (primary N) is 1. The monoisotopic (exact) mass is 383 g/mol. The van der Waals surface area contributed by atoms with Gasteiger partial charge in [0, 0.05) is 10.6 Å². The molecular formula is C17H22ClN3O3S. The number of carbonyl (C=O) groups is 2. The summed E-state index contributed by atoms with van der Waals surface area (Å²) in [5.41, 5.74) is 8.12. The molecule has 6 nitrogen and oxygen atoms in total. The predicted molar refractivity (Wildman–Crippen MR) is 103 cm³/mol. The summed E-state index contributed by atoms with van der Waals surface area (Å²) >= 11 is 1.39. The minimum absolute atomic E-state index is 0. The van der Waals surface area contributed by atoms with E-state index in [0.29, 0.717) is 35.0 Å². The third kappa shape index (κ3) is 5.17. The number of anilines is 2. The van der Waals surface area contributed by atoms with Crippen LogP contribution in [-0.2, 0) is 22.4 Å². The Bertz CT molecular complexity index is 744. The number of aromatic nitrogens is 1. The molecule has 2 aromatic rings. The van der Waals surface area contributed by atoms with Gasteiger partial charge in [-0.05, 0) is 38.0 Å². The number of amides is 1. The van der Waals surface area contributed by atoms with Crippen LogP contribution in [0.3, 0.4) is 0 Å². The third-order valence-corrected chi connectivity index (χ3v) is 4.55. The third-order valence-electron chi connectivity index (χ3n) is 3.48. The Labute approximate surface area is 157 Å². The average Bonchev–Trinajstić information content (AvgIpc) is 2.85. The molecule has 0 aliphatic rings. The van der Waals surface area contributed by atoms with Crippen LogP contribution in [0.5, 0.6) is 0 Å². The molecule has 3 N–H and O–H groups in total. The average molecular weight is 384 g/mol. The lowest BCUT2D eigenvalue weighted by molar-refractivity contribution is -0.115. The van der Waals surface area contributed by atoms with E-state index in [4.69, 9.17) is 10.5 Å². The largest absolute Gasteiger partial charge is 0.462 e. The van der Waals surface area contributed by atoms with E-state index in [-0.39, 0.29) is 24.7 Å². The fraction of sp³-hybridized carbons (Fsp3) is 0.353. The van der Waals surface area contributed by atoms with Gasteiger partial charge in [-0.25, -0.2) is 4.79 Å². The van der Waals surface area contributed by atoms with Gasteiger partial charge in [0.05, 0.1) is 30.5 Å². The van der Waals surface area contributed by atoms with E-state index in [2.05, 4.69) is 10.3 Å². The Morgan fingerprint density at radius 2 is 2.04 bits per heavy atom. The van der Waals surface area contributed by atoms with Gasteiger partial charge in [-0.3, -0.25) is 9.78 Å². The van der Waals surface area contributed by atoms with Crippen LogP contribution in [-0.4, -0.2) is 23.5 Å². The number of nitrogen functional groups attached to an aromatic ring is 1. The summed E-state index contributed by atoms with van der Waals surface area (Å²) < 4.78 is 5.13. The van der Waals surface area contributed by atoms with E-state index < -0.39 is 5.97 Å². The first kappa shape index (κ1) is 20.9. The van der Waals surface area contributed by atoms with Gasteiger partial charge >= 0.3 is 5.97 Å². The van der Waals surface area contributed by atoms with Gasteiger partial charge in [0.15, 0.2) is 0 Å². The number of esters is 1. The van der Waals surface area contributed by atoms with Crippen molar-refractivity contribution >= 4 is 46.3 Å². The van der Waals surface area contributed by atoms with Crippen molar-refractivity contribution in [3.63, 3.8) is 0 Å². The summed E-state index contributed by atoms with van der Waals surface area (Å²) in [4.78, 5) is 29.6. The number of hydrogen-bond acceptors (Lipinski definition) is 6. The highest BCUT2D eigenvalue weighted by Gasteiger charge is 2.23. The lowest BCUT2D eigenvalue weighted by Gasteiger charge is -2.08. The predicted octanol–water partition coefficient (Wildman–Crippen LogP) is 3.38. The van der Waals surface area contributed by atoms with Crippen LogP contribution in [0.2, 0.25) is 0 Å². The molecule has 2 aromatic heterocycles. The normalized spacial score (nSPS) is 10.0. The molecule has 0 spiro atoms. The van der Waals surface area contributed by atoms with E-state index in [0.717, 1.165) is 10.4 Å². The zero-order valence-corrected chi connectivity index (χ0v) is 16.1. The number of nitrogens with one attached hydrogen (secondary N) is 1. The number of pyridine rings is 1. The Kier molecular flexibility index (Phi) is 7.86. The zero-order valence-electron chi connectivity index (χ0n) is 14.4. The van der Waals surface area contributed by atoms with Crippen molar-refractivity contribution in [2.75, 3.05) is 17.7 Å². The van der Waals surface area contributed by atoms with Crippen LogP contribution >= 0.6 is 23.7 Å². The van der Waals surface area contributed by atoms with Crippen LogP contribution in [0, 0.1) is 6.92 Å². The first-order valence-corrected chi connectivity index (χ1v) is 8.57. The second-order valence-electron chi connectivity index (χ2n) is 5.22. The van der Waals surface area contributed by atoms with E-state index in [1.54, 1.807) is 19.1 Å². The Hall–Kier alpha value is -2.12. The van der Waals surface area contributed by atoms with E-state index in [1.165, 1.54) is 17.5 Å². The molecule has 136 valence electrons. The summed E-state index contributed by atoms with van der Waals surface area (Å²) in [6.45, 7) is 5.96. The molecule has 0 aliphatic carbocycles. The van der Waals surface area contributed by atoms with Crippen LogP contribution < -0.4 is 11.1 Å². The van der Waals surface area contributed by atoms with E-state index >= 15 is 0 Å². The van der Waals surface area contributed by atoms with Crippen LogP contribution in [0.25, 0.3) is 0 Å². The number of aryl methyl sites for hydroxylation is 1. The molecule has 0 saturated heterocycles. The number of ether oxygens (including phenoxy) is 1. The maximum absolute atomic E-state index is 12.3.